The smallest absolute Gasteiger partial charge is 0.251 e. The van der Waals surface area contributed by atoms with E-state index in [2.05, 4.69) is 53.8 Å². The van der Waals surface area contributed by atoms with Gasteiger partial charge in [0.25, 0.3) is 11.8 Å². The molecule has 3 amide bonds. The van der Waals surface area contributed by atoms with Crippen molar-refractivity contribution in [3.05, 3.63) is 53.1 Å². The standard InChI is InChI=1S/C13H20N2O2S.C12H18N2O2S.C8H18N2O2S/c1-17-7-3-2-6-15-13(16)10-4-5-11(9-18)12(14)8-10;1-16-7-3-2-6-14-12(15)9-4-5-11(17)10(13)8-9;1-12-5-3-2-4-10-8(11)7(9)6-13/h4-5,8,18H,2-3,6-7,9,14H2,1H3,(H,15,16);4-5,8,17H,2-3,6-7,13H2,1H3,(H,14,15);7,13H,2-6,9H2,1H3,(H,10,11)/t;;7-/m..0/s1. The van der Waals surface area contributed by atoms with Gasteiger partial charge in [-0.05, 0) is 74.4 Å². The van der Waals surface area contributed by atoms with Gasteiger partial charge in [0.2, 0.25) is 5.91 Å². The summed E-state index contributed by atoms with van der Waals surface area (Å²) in [4.78, 5) is 35.3. The molecule has 0 aliphatic heterocycles. The Labute approximate surface area is 302 Å². The highest BCUT2D eigenvalue weighted by Gasteiger charge is 2.10. The summed E-state index contributed by atoms with van der Waals surface area (Å²) in [6, 6.07) is 9.87. The lowest BCUT2D eigenvalue weighted by Gasteiger charge is -2.08. The van der Waals surface area contributed by atoms with Crippen molar-refractivity contribution in [2.24, 2.45) is 5.73 Å². The van der Waals surface area contributed by atoms with E-state index in [1.165, 1.54) is 0 Å². The van der Waals surface area contributed by atoms with E-state index in [1.54, 1.807) is 51.7 Å². The van der Waals surface area contributed by atoms with Crippen molar-refractivity contribution in [2.75, 3.05) is 78.0 Å². The second kappa shape index (κ2) is 29.3. The minimum Gasteiger partial charge on any atom is -0.398 e. The maximum Gasteiger partial charge on any atom is 0.251 e. The summed E-state index contributed by atoms with van der Waals surface area (Å²) < 4.78 is 14.7. The molecule has 1 atom stereocenters. The number of amides is 3. The Morgan fingerprint density at radius 1 is 0.688 bits per heavy atom. The fourth-order valence-corrected chi connectivity index (χ4v) is 4.32. The molecule has 15 heteroatoms. The molecular weight excluding hydrogens is 673 g/mol. The average Bonchev–Trinajstić information content (AvgIpc) is 3.09. The van der Waals surface area contributed by atoms with Gasteiger partial charge in [-0.15, -0.1) is 12.6 Å². The molecule has 2 rings (SSSR count). The molecule has 0 saturated carbocycles. The normalized spacial score (nSPS) is 10.9. The Balaban J connectivity index is 0.000000701. The number of hydrogen-bond donors (Lipinski definition) is 9. The third kappa shape index (κ3) is 21.3. The highest BCUT2D eigenvalue weighted by Crippen LogP contribution is 2.18. The van der Waals surface area contributed by atoms with Crippen molar-refractivity contribution < 1.29 is 28.6 Å². The second-order valence-electron chi connectivity index (χ2n) is 10.5. The van der Waals surface area contributed by atoms with Crippen LogP contribution in [-0.2, 0) is 24.8 Å². The Morgan fingerprint density at radius 3 is 1.52 bits per heavy atom. The van der Waals surface area contributed by atoms with E-state index in [0.717, 1.165) is 63.9 Å². The second-order valence-corrected chi connectivity index (χ2v) is 11.7. The Morgan fingerprint density at radius 2 is 1.12 bits per heavy atom. The van der Waals surface area contributed by atoms with Crippen LogP contribution in [0.5, 0.6) is 0 Å². The molecule has 0 unspecified atom stereocenters. The van der Waals surface area contributed by atoms with Gasteiger partial charge in [0.1, 0.15) is 0 Å². The average molecular weight is 729 g/mol. The van der Waals surface area contributed by atoms with Gasteiger partial charge in [0, 0.05) is 99.7 Å². The highest BCUT2D eigenvalue weighted by molar-refractivity contribution is 7.80. The number of hydrogen-bond acceptors (Lipinski definition) is 12. The van der Waals surface area contributed by atoms with Gasteiger partial charge in [0.05, 0.1) is 6.04 Å². The fourth-order valence-electron chi connectivity index (χ4n) is 3.72. The van der Waals surface area contributed by atoms with Crippen molar-refractivity contribution in [2.45, 2.75) is 55.2 Å². The number of carbonyl (C=O) groups excluding carboxylic acids is 3. The van der Waals surface area contributed by atoms with Crippen LogP contribution in [0.3, 0.4) is 0 Å². The Hall–Kier alpha value is -2.66. The van der Waals surface area contributed by atoms with Gasteiger partial charge < -0.3 is 47.4 Å². The number of methoxy groups -OCH3 is 3. The van der Waals surface area contributed by atoms with E-state index in [-0.39, 0.29) is 17.7 Å². The van der Waals surface area contributed by atoms with Crippen LogP contribution in [0, 0.1) is 0 Å². The minimum atomic E-state index is -0.495. The van der Waals surface area contributed by atoms with E-state index in [4.69, 9.17) is 31.4 Å². The van der Waals surface area contributed by atoms with Gasteiger partial charge in [-0.2, -0.15) is 25.3 Å². The number of thiol groups is 3. The molecule has 0 fully saturated rings. The molecule has 0 spiro atoms. The number of rotatable bonds is 20. The first kappa shape index (κ1) is 45.3. The zero-order chi connectivity index (χ0) is 36.2. The van der Waals surface area contributed by atoms with E-state index in [1.807, 2.05) is 6.07 Å². The number of nitrogen functional groups attached to an aromatic ring is 2. The van der Waals surface area contributed by atoms with Gasteiger partial charge in [0.15, 0.2) is 0 Å². The molecule has 9 N–H and O–H groups in total. The van der Waals surface area contributed by atoms with Crippen LogP contribution < -0.4 is 33.2 Å². The Kier molecular flexibility index (Phi) is 27.7. The summed E-state index contributed by atoms with van der Waals surface area (Å²) in [5.74, 6) is 0.619. The largest absolute Gasteiger partial charge is 0.398 e. The van der Waals surface area contributed by atoms with Crippen molar-refractivity contribution in [1.29, 1.82) is 0 Å². The summed E-state index contributed by atoms with van der Waals surface area (Å²) >= 11 is 12.2. The Bertz CT molecular complexity index is 1190. The maximum atomic E-state index is 11.8. The lowest BCUT2D eigenvalue weighted by molar-refractivity contribution is -0.121. The van der Waals surface area contributed by atoms with Crippen LogP contribution in [0.1, 0.15) is 64.8 Å². The van der Waals surface area contributed by atoms with E-state index < -0.39 is 6.04 Å². The predicted molar refractivity (Wildman–Crippen MR) is 204 cm³/mol. The molecular formula is C33H56N6O6S3. The number of carbonyl (C=O) groups is 3. The summed E-state index contributed by atoms with van der Waals surface area (Å²) in [7, 11) is 5.00. The van der Waals surface area contributed by atoms with E-state index in [9.17, 15) is 14.4 Å². The summed E-state index contributed by atoms with van der Waals surface area (Å²) in [5, 5.41) is 8.41. The van der Waals surface area contributed by atoms with Crippen LogP contribution in [0.2, 0.25) is 0 Å². The van der Waals surface area contributed by atoms with Crippen LogP contribution in [0.15, 0.2) is 41.3 Å². The van der Waals surface area contributed by atoms with Gasteiger partial charge in [-0.25, -0.2) is 0 Å². The first-order chi connectivity index (χ1) is 23.1. The van der Waals surface area contributed by atoms with Crippen molar-refractivity contribution in [3.8, 4) is 0 Å². The molecule has 0 radical (unpaired) electrons. The molecule has 2 aromatic carbocycles. The monoisotopic (exact) mass is 728 g/mol. The summed E-state index contributed by atoms with van der Waals surface area (Å²) in [6.07, 6.45) is 5.56. The third-order valence-electron chi connectivity index (χ3n) is 6.60. The fraction of sp³-hybridized carbons (Fsp3) is 0.545. The van der Waals surface area contributed by atoms with E-state index in [0.29, 0.717) is 58.5 Å². The van der Waals surface area contributed by atoms with Crippen molar-refractivity contribution >= 4 is 67.0 Å². The summed E-state index contributed by atoms with van der Waals surface area (Å²) in [5.41, 5.74) is 20.2. The highest BCUT2D eigenvalue weighted by atomic mass is 32.1. The molecule has 0 aromatic heterocycles. The van der Waals surface area contributed by atoms with Crippen LogP contribution in [-0.4, -0.2) is 90.3 Å². The lowest BCUT2D eigenvalue weighted by atomic mass is 10.1. The zero-order valence-corrected chi connectivity index (χ0v) is 31.1. The maximum absolute atomic E-state index is 11.8. The number of unbranched alkanes of at least 4 members (excludes halogenated alkanes) is 3. The SMILES string of the molecule is COCCCCNC(=O)[C@@H](N)CS.COCCCCNC(=O)c1ccc(CS)c(N)c1.COCCCCNC(=O)c1ccc(S)c(N)c1. The molecule has 0 aliphatic carbocycles. The van der Waals surface area contributed by atoms with Crippen LogP contribution >= 0.6 is 37.9 Å². The molecule has 272 valence electrons. The third-order valence-corrected chi connectivity index (χ3v) is 7.74. The first-order valence-electron chi connectivity index (χ1n) is 15.8. The van der Waals surface area contributed by atoms with Crippen LogP contribution in [0.4, 0.5) is 11.4 Å². The zero-order valence-electron chi connectivity index (χ0n) is 28.5. The molecule has 0 bridgehead atoms. The number of anilines is 2. The molecule has 12 nitrogen and oxygen atoms in total. The molecule has 0 aliphatic rings. The number of nitrogens with two attached hydrogens (primary N) is 3. The number of nitrogens with one attached hydrogen (secondary N) is 3. The molecule has 0 saturated heterocycles. The first-order valence-corrected chi connectivity index (χ1v) is 17.5. The van der Waals surface area contributed by atoms with E-state index >= 15 is 0 Å². The van der Waals surface area contributed by atoms with Gasteiger partial charge >= 0.3 is 0 Å². The molecule has 2 aromatic rings. The molecule has 48 heavy (non-hydrogen) atoms. The number of benzene rings is 2. The topological polar surface area (TPSA) is 193 Å². The van der Waals surface area contributed by atoms with Gasteiger partial charge in [-0.1, -0.05) is 6.07 Å². The quantitative estimate of drug-likeness (QED) is 0.0559. The molecule has 0 heterocycles. The van der Waals surface area contributed by atoms with Crippen molar-refractivity contribution in [3.63, 3.8) is 0 Å². The number of ether oxygens (including phenoxy) is 3. The lowest BCUT2D eigenvalue weighted by Crippen LogP contribution is -2.42. The summed E-state index contributed by atoms with van der Waals surface area (Å²) in [6.45, 7) is 4.12. The van der Waals surface area contributed by atoms with Gasteiger partial charge in [-0.3, -0.25) is 14.4 Å². The predicted octanol–water partition coefficient (Wildman–Crippen LogP) is 3.36. The minimum absolute atomic E-state index is 0.0927. The van der Waals surface area contributed by atoms with Crippen molar-refractivity contribution in [1.82, 2.24) is 16.0 Å². The van der Waals surface area contributed by atoms with Crippen LogP contribution in [0.25, 0.3) is 0 Å².